The maximum atomic E-state index is 5.90. The normalized spacial score (nSPS) is 11.4. The van der Waals surface area contributed by atoms with Gasteiger partial charge < -0.3 is 14.7 Å². The highest BCUT2D eigenvalue weighted by molar-refractivity contribution is 5.86. The first-order valence-corrected chi connectivity index (χ1v) is 9.82. The van der Waals surface area contributed by atoms with Gasteiger partial charge in [-0.05, 0) is 18.6 Å². The number of hydrogen-bond acceptors (Lipinski definition) is 5. The van der Waals surface area contributed by atoms with E-state index in [0.29, 0.717) is 11.5 Å². The van der Waals surface area contributed by atoms with Gasteiger partial charge in [0.2, 0.25) is 5.95 Å². The SMILES string of the molecule is CCCCCCCCCCCn1cnc2c(-c3ccco3)nc(N)nc21. The van der Waals surface area contributed by atoms with E-state index in [1.165, 1.54) is 51.4 Å². The summed E-state index contributed by atoms with van der Waals surface area (Å²) in [5.41, 5.74) is 8.08. The van der Waals surface area contributed by atoms with Crippen LogP contribution in [0.1, 0.15) is 64.7 Å². The summed E-state index contributed by atoms with van der Waals surface area (Å²) in [6, 6.07) is 3.69. The third kappa shape index (κ3) is 4.62. The fourth-order valence-electron chi connectivity index (χ4n) is 3.30. The van der Waals surface area contributed by atoms with E-state index in [-0.39, 0.29) is 5.95 Å². The van der Waals surface area contributed by atoms with Gasteiger partial charge >= 0.3 is 0 Å². The van der Waals surface area contributed by atoms with Gasteiger partial charge in [-0.3, -0.25) is 0 Å². The second-order valence-electron chi connectivity index (χ2n) is 6.85. The summed E-state index contributed by atoms with van der Waals surface area (Å²) in [5, 5.41) is 0. The van der Waals surface area contributed by atoms with Gasteiger partial charge in [0, 0.05) is 6.54 Å². The molecule has 3 rings (SSSR count). The van der Waals surface area contributed by atoms with Crippen molar-refractivity contribution in [1.82, 2.24) is 19.5 Å². The number of aromatic nitrogens is 4. The zero-order chi connectivity index (χ0) is 18.2. The predicted molar refractivity (Wildman–Crippen MR) is 105 cm³/mol. The number of nitrogens with two attached hydrogens (primary N) is 1. The molecule has 26 heavy (non-hydrogen) atoms. The van der Waals surface area contributed by atoms with Gasteiger partial charge in [0.1, 0.15) is 11.2 Å². The Morgan fingerprint density at radius 1 is 1.00 bits per heavy atom. The van der Waals surface area contributed by atoms with Crippen LogP contribution in [-0.2, 0) is 6.54 Å². The van der Waals surface area contributed by atoms with Crippen LogP contribution < -0.4 is 5.73 Å². The molecule has 0 bridgehead atoms. The highest BCUT2D eigenvalue weighted by Crippen LogP contribution is 2.26. The largest absolute Gasteiger partial charge is 0.463 e. The van der Waals surface area contributed by atoms with Crippen molar-refractivity contribution in [3.63, 3.8) is 0 Å². The topological polar surface area (TPSA) is 82.8 Å². The van der Waals surface area contributed by atoms with E-state index >= 15 is 0 Å². The van der Waals surface area contributed by atoms with Gasteiger partial charge in [-0.2, -0.15) is 4.98 Å². The van der Waals surface area contributed by atoms with Crippen LogP contribution in [0, 0.1) is 0 Å². The lowest BCUT2D eigenvalue weighted by Gasteiger charge is -2.05. The first-order valence-electron chi connectivity index (χ1n) is 9.82. The van der Waals surface area contributed by atoms with E-state index in [4.69, 9.17) is 10.2 Å². The first-order chi connectivity index (χ1) is 12.8. The molecular weight excluding hydrogens is 326 g/mol. The van der Waals surface area contributed by atoms with Crippen LogP contribution in [0.25, 0.3) is 22.6 Å². The molecule has 0 radical (unpaired) electrons. The minimum absolute atomic E-state index is 0.248. The Labute approximate surface area is 154 Å². The molecule has 0 amide bonds. The van der Waals surface area contributed by atoms with Crippen molar-refractivity contribution in [2.24, 2.45) is 0 Å². The summed E-state index contributed by atoms with van der Waals surface area (Å²) >= 11 is 0. The molecule has 3 aromatic rings. The summed E-state index contributed by atoms with van der Waals surface area (Å²) in [6.45, 7) is 3.16. The summed E-state index contributed by atoms with van der Waals surface area (Å²) < 4.78 is 7.53. The highest BCUT2D eigenvalue weighted by Gasteiger charge is 2.15. The maximum Gasteiger partial charge on any atom is 0.222 e. The fourth-order valence-corrected chi connectivity index (χ4v) is 3.30. The lowest BCUT2D eigenvalue weighted by Crippen LogP contribution is -2.02. The molecule has 6 nitrogen and oxygen atoms in total. The number of aryl methyl sites for hydroxylation is 1. The monoisotopic (exact) mass is 355 g/mol. The summed E-state index contributed by atoms with van der Waals surface area (Å²) in [5.74, 6) is 0.912. The van der Waals surface area contributed by atoms with Gasteiger partial charge in [0.05, 0.1) is 12.6 Å². The number of rotatable bonds is 11. The molecule has 140 valence electrons. The molecule has 6 heteroatoms. The van der Waals surface area contributed by atoms with Crippen molar-refractivity contribution in [3.05, 3.63) is 24.7 Å². The van der Waals surface area contributed by atoms with Crippen LogP contribution in [-0.4, -0.2) is 19.5 Å². The minimum Gasteiger partial charge on any atom is -0.463 e. The molecule has 0 spiro atoms. The smallest absolute Gasteiger partial charge is 0.222 e. The number of nitrogen functional groups attached to an aromatic ring is 1. The summed E-state index contributed by atoms with van der Waals surface area (Å²) in [4.78, 5) is 13.2. The molecule has 0 unspecified atom stereocenters. The molecule has 2 N–H and O–H groups in total. The first kappa shape index (κ1) is 18.4. The second kappa shape index (κ2) is 9.36. The third-order valence-electron chi connectivity index (χ3n) is 4.74. The maximum absolute atomic E-state index is 5.90. The second-order valence-corrected chi connectivity index (χ2v) is 6.85. The quantitative estimate of drug-likeness (QED) is 0.478. The summed E-state index contributed by atoms with van der Waals surface area (Å²) in [7, 11) is 0. The molecule has 0 aliphatic carbocycles. The van der Waals surface area contributed by atoms with Crippen LogP contribution in [0.15, 0.2) is 29.1 Å². The van der Waals surface area contributed by atoms with Gasteiger partial charge in [-0.25, -0.2) is 9.97 Å². The molecule has 0 atom stereocenters. The molecule has 0 aromatic carbocycles. The van der Waals surface area contributed by atoms with Gasteiger partial charge in [-0.1, -0.05) is 58.3 Å². The van der Waals surface area contributed by atoms with E-state index < -0.39 is 0 Å². The number of furan rings is 1. The fraction of sp³-hybridized carbons (Fsp3) is 0.550. The van der Waals surface area contributed by atoms with Crippen molar-refractivity contribution in [2.75, 3.05) is 5.73 Å². The standard InChI is InChI=1S/C20H29N5O/c1-2-3-4-5-6-7-8-9-10-13-25-15-22-18-17(16-12-11-14-26-16)23-20(21)24-19(18)25/h11-12,14-15H,2-10,13H2,1H3,(H2,21,23,24). The molecule has 3 heterocycles. The molecule has 0 aliphatic rings. The molecule has 0 aliphatic heterocycles. The molecule has 3 aromatic heterocycles. The van der Waals surface area contributed by atoms with E-state index in [0.717, 1.165) is 24.1 Å². The Hall–Kier alpha value is -2.37. The van der Waals surface area contributed by atoms with Crippen LogP contribution in [0.4, 0.5) is 5.95 Å². The third-order valence-corrected chi connectivity index (χ3v) is 4.74. The molecular formula is C20H29N5O. The van der Waals surface area contributed by atoms with Crippen molar-refractivity contribution < 1.29 is 4.42 Å². The number of imidazole rings is 1. The lowest BCUT2D eigenvalue weighted by atomic mass is 10.1. The Bertz CT molecular complexity index is 794. The van der Waals surface area contributed by atoms with Gasteiger partial charge in [-0.15, -0.1) is 0 Å². The predicted octanol–water partition coefficient (Wildman–Crippen LogP) is 5.20. The van der Waals surface area contributed by atoms with Gasteiger partial charge in [0.25, 0.3) is 0 Å². The zero-order valence-corrected chi connectivity index (χ0v) is 15.7. The average molecular weight is 355 g/mol. The Morgan fingerprint density at radius 2 is 1.73 bits per heavy atom. The van der Waals surface area contributed by atoms with E-state index in [9.17, 15) is 0 Å². The minimum atomic E-state index is 0.248. The van der Waals surface area contributed by atoms with Crippen LogP contribution in [0.3, 0.4) is 0 Å². The van der Waals surface area contributed by atoms with Crippen molar-refractivity contribution in [2.45, 2.75) is 71.3 Å². The molecule has 0 saturated heterocycles. The zero-order valence-electron chi connectivity index (χ0n) is 15.7. The lowest BCUT2D eigenvalue weighted by molar-refractivity contribution is 0.541. The Kier molecular flexibility index (Phi) is 6.63. The van der Waals surface area contributed by atoms with E-state index in [2.05, 4.69) is 26.4 Å². The van der Waals surface area contributed by atoms with Gasteiger partial charge in [0.15, 0.2) is 11.4 Å². The van der Waals surface area contributed by atoms with Crippen LogP contribution >= 0.6 is 0 Å². The number of unbranched alkanes of at least 4 members (excludes halogenated alkanes) is 8. The van der Waals surface area contributed by atoms with E-state index in [1.807, 2.05) is 18.5 Å². The molecule has 0 fully saturated rings. The number of nitrogens with zero attached hydrogens (tertiary/aromatic N) is 4. The van der Waals surface area contributed by atoms with E-state index in [1.54, 1.807) is 6.26 Å². The summed E-state index contributed by atoms with van der Waals surface area (Å²) in [6.07, 6.45) is 15.3. The Balaban J connectivity index is 1.53. The van der Waals surface area contributed by atoms with Crippen LogP contribution in [0.5, 0.6) is 0 Å². The molecule has 0 saturated carbocycles. The number of anilines is 1. The van der Waals surface area contributed by atoms with Crippen molar-refractivity contribution in [1.29, 1.82) is 0 Å². The van der Waals surface area contributed by atoms with Crippen molar-refractivity contribution >= 4 is 17.1 Å². The highest BCUT2D eigenvalue weighted by atomic mass is 16.3. The number of hydrogen-bond donors (Lipinski definition) is 1. The Morgan fingerprint density at radius 3 is 2.42 bits per heavy atom. The average Bonchev–Trinajstić information content (AvgIpc) is 3.30. The van der Waals surface area contributed by atoms with Crippen LogP contribution in [0.2, 0.25) is 0 Å². The number of fused-ring (bicyclic) bond motifs is 1. The van der Waals surface area contributed by atoms with Crippen molar-refractivity contribution in [3.8, 4) is 11.5 Å².